The van der Waals surface area contributed by atoms with Crippen LogP contribution in [-0.2, 0) is 9.59 Å². The first-order valence-corrected chi connectivity index (χ1v) is 7.81. The molecule has 0 atom stereocenters. The van der Waals surface area contributed by atoms with Gasteiger partial charge in [0.15, 0.2) is 0 Å². The van der Waals surface area contributed by atoms with Gasteiger partial charge in [0.25, 0.3) is 11.8 Å². The highest BCUT2D eigenvalue weighted by Crippen LogP contribution is 2.27. The predicted octanol–water partition coefficient (Wildman–Crippen LogP) is 2.96. The summed E-state index contributed by atoms with van der Waals surface area (Å²) in [5.41, 5.74) is -0.000584. The fourth-order valence-electron chi connectivity index (χ4n) is 2.28. The number of carbonyl (C=O) groups is 3. The number of carbonyl (C=O) groups excluding carboxylic acids is 3. The van der Waals surface area contributed by atoms with Crippen LogP contribution in [0.5, 0.6) is 5.75 Å². The third-order valence-electron chi connectivity index (χ3n) is 3.48. The van der Waals surface area contributed by atoms with Crippen LogP contribution < -0.4 is 10.2 Å². The van der Waals surface area contributed by atoms with Crippen LogP contribution in [-0.4, -0.2) is 23.0 Å². The molecule has 4 amide bonds. The molecule has 8 heteroatoms. The third kappa shape index (κ3) is 3.29. The van der Waals surface area contributed by atoms with Crippen molar-refractivity contribution in [1.82, 2.24) is 5.32 Å². The van der Waals surface area contributed by atoms with Crippen molar-refractivity contribution in [3.63, 3.8) is 0 Å². The van der Waals surface area contributed by atoms with Crippen molar-refractivity contribution >= 4 is 45.5 Å². The van der Waals surface area contributed by atoms with Gasteiger partial charge in [-0.05, 0) is 48.5 Å². The van der Waals surface area contributed by atoms with Gasteiger partial charge in [0.1, 0.15) is 17.1 Å². The van der Waals surface area contributed by atoms with E-state index < -0.39 is 23.7 Å². The second kappa shape index (κ2) is 6.48. The minimum Gasteiger partial charge on any atom is -0.507 e. The van der Waals surface area contributed by atoms with E-state index in [2.05, 4.69) is 15.9 Å². The fourth-order valence-corrected chi connectivity index (χ4v) is 2.66. The summed E-state index contributed by atoms with van der Waals surface area (Å²) in [5, 5.41) is 11.9. The lowest BCUT2D eigenvalue weighted by Gasteiger charge is -2.26. The number of imide groups is 2. The van der Waals surface area contributed by atoms with Gasteiger partial charge < -0.3 is 5.11 Å². The molecule has 1 saturated heterocycles. The fraction of sp³-hybridized carbons (Fsp3) is 0. The lowest BCUT2D eigenvalue weighted by Crippen LogP contribution is -2.54. The number of benzene rings is 2. The zero-order valence-electron chi connectivity index (χ0n) is 12.5. The van der Waals surface area contributed by atoms with Crippen LogP contribution in [0, 0.1) is 5.82 Å². The van der Waals surface area contributed by atoms with Crippen molar-refractivity contribution in [3.8, 4) is 5.75 Å². The summed E-state index contributed by atoms with van der Waals surface area (Å²) in [6.07, 6.45) is 1.18. The van der Waals surface area contributed by atoms with Gasteiger partial charge in [-0.2, -0.15) is 0 Å². The van der Waals surface area contributed by atoms with Crippen LogP contribution in [0.2, 0.25) is 0 Å². The zero-order chi connectivity index (χ0) is 18.1. The van der Waals surface area contributed by atoms with Crippen molar-refractivity contribution in [3.05, 3.63) is 63.9 Å². The Labute approximate surface area is 149 Å². The Kier molecular flexibility index (Phi) is 4.37. The number of phenols is 1. The minimum absolute atomic E-state index is 0.112. The first kappa shape index (κ1) is 16.8. The van der Waals surface area contributed by atoms with Gasteiger partial charge in [-0.3, -0.25) is 14.9 Å². The molecule has 0 bridgehead atoms. The molecule has 2 N–H and O–H groups in total. The van der Waals surface area contributed by atoms with Gasteiger partial charge in [0.2, 0.25) is 0 Å². The summed E-state index contributed by atoms with van der Waals surface area (Å²) in [5.74, 6) is -2.42. The van der Waals surface area contributed by atoms with Crippen LogP contribution in [0.4, 0.5) is 14.9 Å². The first-order chi connectivity index (χ1) is 11.9. The molecule has 1 heterocycles. The summed E-state index contributed by atoms with van der Waals surface area (Å²) < 4.78 is 13.7. The highest BCUT2D eigenvalue weighted by molar-refractivity contribution is 9.10. The minimum atomic E-state index is -0.933. The summed E-state index contributed by atoms with van der Waals surface area (Å²) in [6, 6.07) is 8.25. The Morgan fingerprint density at radius 3 is 2.44 bits per heavy atom. The van der Waals surface area contributed by atoms with E-state index in [1.54, 1.807) is 6.07 Å². The quantitative estimate of drug-likeness (QED) is 0.594. The van der Waals surface area contributed by atoms with Crippen LogP contribution in [0.3, 0.4) is 0 Å². The van der Waals surface area contributed by atoms with Crippen molar-refractivity contribution in [2.75, 3.05) is 4.90 Å². The maximum Gasteiger partial charge on any atom is 0.335 e. The normalized spacial score (nSPS) is 16.3. The monoisotopic (exact) mass is 404 g/mol. The lowest BCUT2D eigenvalue weighted by molar-refractivity contribution is -0.122. The Morgan fingerprint density at radius 2 is 1.76 bits per heavy atom. The Balaban J connectivity index is 2.05. The van der Waals surface area contributed by atoms with Gasteiger partial charge in [0.05, 0.1) is 5.69 Å². The molecular formula is C17H10BrFN2O4. The van der Waals surface area contributed by atoms with Gasteiger partial charge in [-0.15, -0.1) is 0 Å². The Morgan fingerprint density at radius 1 is 1.08 bits per heavy atom. The zero-order valence-corrected chi connectivity index (χ0v) is 14.1. The molecule has 6 nitrogen and oxygen atoms in total. The summed E-state index contributed by atoms with van der Waals surface area (Å²) in [4.78, 5) is 37.4. The topological polar surface area (TPSA) is 86.7 Å². The molecule has 0 saturated carbocycles. The lowest BCUT2D eigenvalue weighted by atomic mass is 10.1. The van der Waals surface area contributed by atoms with Crippen LogP contribution in [0.25, 0.3) is 6.08 Å². The molecule has 0 radical (unpaired) electrons. The number of nitrogens with one attached hydrogen (secondary N) is 1. The summed E-state index contributed by atoms with van der Waals surface area (Å²) >= 11 is 3.23. The molecule has 2 aromatic carbocycles. The number of aromatic hydroxyl groups is 1. The highest BCUT2D eigenvalue weighted by atomic mass is 79.9. The van der Waals surface area contributed by atoms with Crippen molar-refractivity contribution in [2.24, 2.45) is 0 Å². The average Bonchev–Trinajstić information content (AvgIpc) is 2.56. The SMILES string of the molecule is O=C1NC(=O)N(c2ccc(F)cc2)C(=O)C1=Cc1cc(Br)ccc1O. The molecule has 126 valence electrons. The van der Waals surface area contributed by atoms with E-state index >= 15 is 0 Å². The number of anilines is 1. The number of hydrogen-bond donors (Lipinski definition) is 2. The summed E-state index contributed by atoms with van der Waals surface area (Å²) in [6.45, 7) is 0. The molecule has 0 unspecified atom stereocenters. The second-order valence-corrected chi connectivity index (χ2v) is 6.05. The number of hydrogen-bond acceptors (Lipinski definition) is 4. The van der Waals surface area contributed by atoms with Crippen LogP contribution in [0.1, 0.15) is 5.56 Å². The number of phenolic OH excluding ortho intramolecular Hbond substituents is 1. The highest BCUT2D eigenvalue weighted by Gasteiger charge is 2.36. The molecule has 0 aromatic heterocycles. The molecule has 2 aromatic rings. The van der Waals surface area contributed by atoms with E-state index in [0.29, 0.717) is 4.47 Å². The number of rotatable bonds is 2. The number of urea groups is 1. The molecule has 3 rings (SSSR count). The predicted molar refractivity (Wildman–Crippen MR) is 91.2 cm³/mol. The van der Waals surface area contributed by atoms with E-state index in [1.165, 1.54) is 30.3 Å². The maximum atomic E-state index is 13.1. The summed E-state index contributed by atoms with van der Waals surface area (Å²) in [7, 11) is 0. The molecule has 1 aliphatic heterocycles. The van der Waals surface area contributed by atoms with E-state index in [-0.39, 0.29) is 22.6 Å². The smallest absolute Gasteiger partial charge is 0.335 e. The van der Waals surface area contributed by atoms with E-state index in [4.69, 9.17) is 0 Å². The molecule has 1 fully saturated rings. The molecule has 1 aliphatic rings. The van der Waals surface area contributed by atoms with Gasteiger partial charge in [0, 0.05) is 10.0 Å². The Bertz CT molecular complexity index is 925. The van der Waals surface area contributed by atoms with Crippen molar-refractivity contribution in [2.45, 2.75) is 0 Å². The number of halogens is 2. The molecular weight excluding hydrogens is 395 g/mol. The first-order valence-electron chi connectivity index (χ1n) is 7.02. The van der Waals surface area contributed by atoms with Gasteiger partial charge >= 0.3 is 6.03 Å². The van der Waals surface area contributed by atoms with E-state index in [9.17, 15) is 23.9 Å². The molecule has 0 spiro atoms. The molecule has 0 aliphatic carbocycles. The van der Waals surface area contributed by atoms with Gasteiger partial charge in [-0.25, -0.2) is 14.1 Å². The van der Waals surface area contributed by atoms with Crippen LogP contribution >= 0.6 is 15.9 Å². The van der Waals surface area contributed by atoms with Crippen LogP contribution in [0.15, 0.2) is 52.5 Å². The average molecular weight is 405 g/mol. The Hall–Kier alpha value is -3.00. The standard InChI is InChI=1S/C17H10BrFN2O4/c18-10-1-6-14(22)9(7-10)8-13-15(23)20-17(25)21(16(13)24)12-4-2-11(19)3-5-12/h1-8,22H,(H,20,23,25). The number of nitrogens with zero attached hydrogens (tertiary/aromatic N) is 1. The van der Waals surface area contributed by atoms with Crippen molar-refractivity contribution in [1.29, 1.82) is 0 Å². The number of barbiturate groups is 1. The largest absolute Gasteiger partial charge is 0.507 e. The van der Waals surface area contributed by atoms with Crippen molar-refractivity contribution < 1.29 is 23.9 Å². The molecule has 25 heavy (non-hydrogen) atoms. The third-order valence-corrected chi connectivity index (χ3v) is 3.97. The van der Waals surface area contributed by atoms with Gasteiger partial charge in [-0.1, -0.05) is 15.9 Å². The van der Waals surface area contributed by atoms with E-state index in [0.717, 1.165) is 17.0 Å². The number of amides is 4. The maximum absolute atomic E-state index is 13.1. The van der Waals surface area contributed by atoms with E-state index in [1.807, 2.05) is 5.32 Å². The second-order valence-electron chi connectivity index (χ2n) is 5.14.